The predicted molar refractivity (Wildman–Crippen MR) is 69.2 cm³/mol. The molecule has 0 atom stereocenters. The maximum Gasteiger partial charge on any atom is 0.273 e. The fraction of sp³-hybridized carbons (Fsp3) is 0.600. The van der Waals surface area contributed by atoms with Crippen molar-refractivity contribution in [3.63, 3.8) is 0 Å². The number of hydrogen-bond acceptors (Lipinski definition) is 3. The van der Waals surface area contributed by atoms with Crippen molar-refractivity contribution in [3.8, 4) is 0 Å². The van der Waals surface area contributed by atoms with Crippen LogP contribution in [-0.2, 0) is 0 Å². The van der Waals surface area contributed by atoms with E-state index in [0.29, 0.717) is 11.7 Å². The lowest BCUT2D eigenvalue weighted by Gasteiger charge is -2.23. The van der Waals surface area contributed by atoms with Crippen molar-refractivity contribution in [1.29, 1.82) is 0 Å². The number of hydrogen-bond donors (Lipinski definition) is 0. The Morgan fingerprint density at radius 2 is 2.27 bits per heavy atom. The van der Waals surface area contributed by atoms with Crippen LogP contribution in [0.3, 0.4) is 0 Å². The second kappa shape index (κ2) is 4.78. The molecule has 0 radical (unpaired) electrons. The molecule has 5 heteroatoms. The average molecular weight is 336 g/mol. The molecule has 3 nitrogen and oxygen atoms in total. The van der Waals surface area contributed by atoms with Crippen LogP contribution >= 0.6 is 33.9 Å². The van der Waals surface area contributed by atoms with Gasteiger partial charge in [0.05, 0.1) is 0 Å². The van der Waals surface area contributed by atoms with E-state index in [1.807, 2.05) is 17.3 Å². The van der Waals surface area contributed by atoms with Crippen molar-refractivity contribution in [2.24, 2.45) is 0 Å². The lowest BCUT2D eigenvalue weighted by molar-refractivity contribution is 0.0730. The Balaban J connectivity index is 2.06. The number of halogens is 1. The summed E-state index contributed by atoms with van der Waals surface area (Å²) in [4.78, 5) is 18.1. The third kappa shape index (κ3) is 2.50. The largest absolute Gasteiger partial charge is 0.337 e. The smallest absolute Gasteiger partial charge is 0.273 e. The Bertz CT molecular complexity index is 360. The quantitative estimate of drug-likeness (QED) is 0.778. The first-order valence-corrected chi connectivity index (χ1v) is 7.02. The van der Waals surface area contributed by atoms with Gasteiger partial charge >= 0.3 is 0 Å². The molecule has 0 aliphatic heterocycles. The van der Waals surface area contributed by atoms with Gasteiger partial charge < -0.3 is 4.90 Å². The van der Waals surface area contributed by atoms with Gasteiger partial charge in [-0.3, -0.25) is 4.79 Å². The molecule has 0 spiro atoms. The van der Waals surface area contributed by atoms with Gasteiger partial charge in [-0.05, 0) is 35.4 Å². The fourth-order valence-electron chi connectivity index (χ4n) is 1.99. The van der Waals surface area contributed by atoms with Gasteiger partial charge in [0.25, 0.3) is 5.91 Å². The molecule has 1 heterocycles. The molecular weight excluding hydrogens is 323 g/mol. The maximum absolute atomic E-state index is 12.0. The summed E-state index contributed by atoms with van der Waals surface area (Å²) < 4.78 is 0.927. The summed E-state index contributed by atoms with van der Waals surface area (Å²) in [5, 5.41) is 1.84. The van der Waals surface area contributed by atoms with Crippen molar-refractivity contribution in [2.45, 2.75) is 31.7 Å². The molecule has 1 aliphatic carbocycles. The van der Waals surface area contributed by atoms with E-state index in [2.05, 4.69) is 27.6 Å². The van der Waals surface area contributed by atoms with Gasteiger partial charge in [-0.25, -0.2) is 4.98 Å². The normalized spacial score (nSPS) is 16.9. The first kappa shape index (κ1) is 11.3. The molecule has 0 aromatic carbocycles. The second-order valence-corrected chi connectivity index (χ2v) is 6.45. The van der Waals surface area contributed by atoms with E-state index in [-0.39, 0.29) is 5.91 Å². The van der Waals surface area contributed by atoms with Crippen molar-refractivity contribution in [1.82, 2.24) is 9.88 Å². The van der Waals surface area contributed by atoms with E-state index in [4.69, 9.17) is 0 Å². The van der Waals surface area contributed by atoms with Crippen LogP contribution in [0, 0.1) is 3.01 Å². The van der Waals surface area contributed by atoms with E-state index < -0.39 is 0 Å². The Morgan fingerprint density at radius 3 is 2.80 bits per heavy atom. The topological polar surface area (TPSA) is 33.2 Å². The second-order valence-electron chi connectivity index (χ2n) is 3.84. The Hall–Kier alpha value is -0.170. The lowest BCUT2D eigenvalue weighted by atomic mass is 10.2. The lowest BCUT2D eigenvalue weighted by Crippen LogP contribution is -2.35. The molecular formula is C10H13IN2OS. The monoisotopic (exact) mass is 336 g/mol. The number of carbonyl (C=O) groups excluding carboxylic acids is 1. The summed E-state index contributed by atoms with van der Waals surface area (Å²) in [6.45, 7) is 0. The van der Waals surface area contributed by atoms with Gasteiger partial charge in [-0.2, -0.15) is 0 Å². The molecule has 1 saturated carbocycles. The summed E-state index contributed by atoms with van der Waals surface area (Å²) in [7, 11) is 1.89. The van der Waals surface area contributed by atoms with Crippen LogP contribution in [0.2, 0.25) is 0 Å². The summed E-state index contributed by atoms with van der Waals surface area (Å²) in [5.41, 5.74) is 0.596. The highest BCUT2D eigenvalue weighted by molar-refractivity contribution is 14.1. The van der Waals surface area contributed by atoms with E-state index in [0.717, 1.165) is 15.9 Å². The van der Waals surface area contributed by atoms with Crippen LogP contribution in [0.1, 0.15) is 36.2 Å². The van der Waals surface area contributed by atoms with E-state index in [9.17, 15) is 4.79 Å². The standard InChI is InChI=1S/C10H13IN2OS/c1-13(7-4-2-3-5-7)9(14)8-6-15-10(11)12-8/h6-7H,2-5H2,1H3. The highest BCUT2D eigenvalue weighted by atomic mass is 127. The predicted octanol–water partition coefficient (Wildman–Crippen LogP) is 2.76. The molecule has 0 saturated heterocycles. The molecule has 0 bridgehead atoms. The van der Waals surface area contributed by atoms with Gasteiger partial charge in [0.15, 0.2) is 3.01 Å². The third-order valence-electron chi connectivity index (χ3n) is 2.89. The van der Waals surface area contributed by atoms with Crippen LogP contribution in [0.4, 0.5) is 0 Å². The van der Waals surface area contributed by atoms with Crippen LogP contribution in [0.5, 0.6) is 0 Å². The Labute approximate surface area is 107 Å². The Morgan fingerprint density at radius 1 is 1.60 bits per heavy atom. The molecule has 1 aromatic rings. The van der Waals surface area contributed by atoms with Crippen molar-refractivity contribution < 1.29 is 4.79 Å². The summed E-state index contributed by atoms with van der Waals surface area (Å²) in [6, 6.07) is 0.428. The SMILES string of the molecule is CN(C(=O)c1csc(I)n1)C1CCCC1. The first-order valence-electron chi connectivity index (χ1n) is 5.06. The maximum atomic E-state index is 12.0. The van der Waals surface area contributed by atoms with Gasteiger partial charge in [0.2, 0.25) is 0 Å². The molecule has 1 fully saturated rings. The fourth-order valence-corrected chi connectivity index (χ4v) is 3.14. The van der Waals surface area contributed by atoms with E-state index >= 15 is 0 Å². The summed E-state index contributed by atoms with van der Waals surface area (Å²) >= 11 is 3.66. The van der Waals surface area contributed by atoms with Crippen LogP contribution in [0.25, 0.3) is 0 Å². The summed E-state index contributed by atoms with van der Waals surface area (Å²) in [6.07, 6.45) is 4.78. The number of nitrogens with zero attached hydrogens (tertiary/aromatic N) is 2. The van der Waals surface area contributed by atoms with Gasteiger partial charge in [-0.15, -0.1) is 11.3 Å². The van der Waals surface area contributed by atoms with Gasteiger partial charge in [-0.1, -0.05) is 12.8 Å². The minimum atomic E-state index is 0.0704. The molecule has 0 unspecified atom stereocenters. The third-order valence-corrected chi connectivity index (χ3v) is 4.52. The molecule has 0 N–H and O–H groups in total. The number of carbonyl (C=O) groups is 1. The minimum Gasteiger partial charge on any atom is -0.337 e. The van der Waals surface area contributed by atoms with Gasteiger partial charge in [0.1, 0.15) is 5.69 Å². The first-order chi connectivity index (χ1) is 7.18. The number of rotatable bonds is 2. The number of amides is 1. The Kier molecular flexibility index (Phi) is 3.60. The zero-order valence-electron chi connectivity index (χ0n) is 8.57. The van der Waals surface area contributed by atoms with Crippen LogP contribution in [0.15, 0.2) is 5.38 Å². The van der Waals surface area contributed by atoms with Crippen LogP contribution in [-0.4, -0.2) is 28.9 Å². The molecule has 1 amide bonds. The zero-order chi connectivity index (χ0) is 10.8. The minimum absolute atomic E-state index is 0.0704. The highest BCUT2D eigenvalue weighted by Crippen LogP contribution is 2.24. The average Bonchev–Trinajstić information content (AvgIpc) is 2.85. The highest BCUT2D eigenvalue weighted by Gasteiger charge is 2.25. The number of thiazole rings is 1. The number of aromatic nitrogens is 1. The van der Waals surface area contributed by atoms with Gasteiger partial charge in [0, 0.05) is 18.5 Å². The summed E-state index contributed by atoms with van der Waals surface area (Å²) in [5.74, 6) is 0.0704. The molecule has 15 heavy (non-hydrogen) atoms. The van der Waals surface area contributed by atoms with E-state index in [1.54, 1.807) is 0 Å². The van der Waals surface area contributed by atoms with E-state index in [1.165, 1.54) is 24.2 Å². The van der Waals surface area contributed by atoms with Crippen molar-refractivity contribution >= 4 is 39.8 Å². The molecule has 2 rings (SSSR count). The molecule has 82 valence electrons. The van der Waals surface area contributed by atoms with Crippen LogP contribution < -0.4 is 0 Å². The molecule has 1 aliphatic rings. The molecule has 1 aromatic heterocycles. The van der Waals surface area contributed by atoms with Crippen molar-refractivity contribution in [3.05, 3.63) is 14.1 Å². The zero-order valence-corrected chi connectivity index (χ0v) is 11.5. The van der Waals surface area contributed by atoms with Crippen molar-refractivity contribution in [2.75, 3.05) is 7.05 Å².